The molecule has 3 rings (SSSR count). The molecule has 0 saturated heterocycles. The van der Waals surface area contributed by atoms with E-state index in [1.54, 1.807) is 0 Å². The fraction of sp³-hybridized carbons (Fsp3) is 0.444. The summed E-state index contributed by atoms with van der Waals surface area (Å²) in [6.45, 7) is 20.5. The molecule has 0 atom stereocenters. The molecule has 2 nitrogen and oxygen atoms in total. The normalized spacial score (nSPS) is 13.6. The van der Waals surface area contributed by atoms with Gasteiger partial charge in [-0.2, -0.15) is 0 Å². The SMILES string of the molecule is CC(C)c1cccc(C(C)C)c1N1C=CN(c2c(C(C)C)cccc2C(C)C)[CH-]1.[Cu+][Br]. The summed E-state index contributed by atoms with van der Waals surface area (Å²) in [4.78, 5) is 4.65. The van der Waals surface area contributed by atoms with Crippen LogP contribution in [0.2, 0.25) is 0 Å². The first-order chi connectivity index (χ1) is 14.7. The van der Waals surface area contributed by atoms with Gasteiger partial charge in [0.2, 0.25) is 0 Å². The van der Waals surface area contributed by atoms with Gasteiger partial charge in [0.05, 0.1) is 0 Å². The Labute approximate surface area is 205 Å². The van der Waals surface area contributed by atoms with Crippen LogP contribution in [-0.4, -0.2) is 0 Å². The van der Waals surface area contributed by atoms with E-state index >= 15 is 0 Å². The Morgan fingerprint density at radius 3 is 1.06 bits per heavy atom. The van der Waals surface area contributed by atoms with Crippen LogP contribution in [0.5, 0.6) is 0 Å². The van der Waals surface area contributed by atoms with Crippen LogP contribution in [0.3, 0.4) is 0 Å². The first-order valence-corrected chi connectivity index (χ1v) is 13.5. The van der Waals surface area contributed by atoms with Crippen molar-refractivity contribution in [2.75, 3.05) is 9.80 Å². The van der Waals surface area contributed by atoms with E-state index in [4.69, 9.17) is 0 Å². The van der Waals surface area contributed by atoms with Gasteiger partial charge in [-0.1, -0.05) is 91.8 Å². The summed E-state index contributed by atoms with van der Waals surface area (Å²) in [5.74, 6) is 1.92. The molecule has 0 N–H and O–H groups in total. The van der Waals surface area contributed by atoms with Gasteiger partial charge in [-0.25, -0.2) is 0 Å². The van der Waals surface area contributed by atoms with E-state index < -0.39 is 0 Å². The number of para-hydroxylation sites is 2. The van der Waals surface area contributed by atoms with E-state index in [1.807, 2.05) is 0 Å². The van der Waals surface area contributed by atoms with Gasteiger partial charge < -0.3 is 9.80 Å². The molecule has 0 amide bonds. The average Bonchev–Trinajstić information content (AvgIpc) is 3.23. The average molecular weight is 533 g/mol. The molecule has 31 heavy (non-hydrogen) atoms. The zero-order valence-corrected chi connectivity index (χ0v) is 22.6. The molecule has 4 heteroatoms. The van der Waals surface area contributed by atoms with Crippen molar-refractivity contribution in [1.82, 2.24) is 0 Å². The third kappa shape index (κ3) is 5.78. The van der Waals surface area contributed by atoms with Gasteiger partial charge in [0.15, 0.2) is 0 Å². The Morgan fingerprint density at radius 1 is 0.581 bits per heavy atom. The van der Waals surface area contributed by atoms with Gasteiger partial charge in [-0.3, -0.25) is 0 Å². The zero-order valence-electron chi connectivity index (χ0n) is 20.1. The van der Waals surface area contributed by atoms with E-state index in [0.29, 0.717) is 23.7 Å². The standard InChI is InChI=1S/C27H37N2.BrH.Cu/c1-18(2)22-11-9-12-23(19(3)4)26(22)28-15-16-29(17-28)27-24(20(5)6)13-10-14-25(27)21(7)8;;/h9-21H,1-8H3;1H;/q-1;;+2/p-1. The van der Waals surface area contributed by atoms with E-state index in [1.165, 1.54) is 33.6 Å². The Morgan fingerprint density at radius 2 is 0.839 bits per heavy atom. The molecule has 173 valence electrons. The van der Waals surface area contributed by atoms with Gasteiger partial charge in [-0.15, -0.1) is 6.67 Å². The number of rotatable bonds is 6. The van der Waals surface area contributed by atoms with Crippen LogP contribution < -0.4 is 9.80 Å². The van der Waals surface area contributed by atoms with Gasteiger partial charge in [-0.05, 0) is 58.3 Å². The van der Waals surface area contributed by atoms with Crippen LogP contribution in [0, 0.1) is 6.67 Å². The van der Waals surface area contributed by atoms with Crippen molar-refractivity contribution in [2.24, 2.45) is 0 Å². The van der Waals surface area contributed by atoms with Crippen LogP contribution >= 0.6 is 14.1 Å². The number of halogens is 1. The summed E-state index contributed by atoms with van der Waals surface area (Å²) in [6.07, 6.45) is 4.43. The molecule has 0 bridgehead atoms. The summed E-state index contributed by atoms with van der Waals surface area (Å²) in [7, 11) is 0. The maximum atomic E-state index is 4.00. The number of nitrogens with zero attached hydrogens (tertiary/aromatic N) is 2. The molecule has 0 aromatic heterocycles. The third-order valence-electron chi connectivity index (χ3n) is 5.84. The molecule has 2 aromatic carbocycles. The summed E-state index contributed by atoms with van der Waals surface area (Å²) >= 11 is 6.50. The van der Waals surface area contributed by atoms with E-state index in [2.05, 4.69) is 149 Å². The molecule has 0 aliphatic carbocycles. The van der Waals surface area contributed by atoms with Gasteiger partial charge >= 0.3 is 28.3 Å². The van der Waals surface area contributed by atoms with Crippen molar-refractivity contribution < 1.29 is 14.2 Å². The Balaban J connectivity index is 0.00000166. The van der Waals surface area contributed by atoms with Crippen LogP contribution in [0.4, 0.5) is 11.4 Å². The van der Waals surface area contributed by atoms with E-state index in [9.17, 15) is 0 Å². The van der Waals surface area contributed by atoms with Crippen LogP contribution in [0.1, 0.15) is 101 Å². The van der Waals surface area contributed by atoms with Crippen LogP contribution in [0.25, 0.3) is 0 Å². The third-order valence-corrected chi connectivity index (χ3v) is 5.84. The molecule has 0 unspecified atom stereocenters. The van der Waals surface area contributed by atoms with Gasteiger partial charge in [0.1, 0.15) is 0 Å². The minimum atomic E-state index is 0.480. The zero-order chi connectivity index (χ0) is 23.3. The number of benzene rings is 2. The molecule has 0 saturated carbocycles. The molecule has 2 aromatic rings. The van der Waals surface area contributed by atoms with Crippen molar-refractivity contribution in [2.45, 2.75) is 79.1 Å². The number of anilines is 2. The summed E-state index contributed by atoms with van der Waals surface area (Å²) < 4.78 is 0. The summed E-state index contributed by atoms with van der Waals surface area (Å²) in [6, 6.07) is 13.5. The number of hydrogen-bond donors (Lipinski definition) is 0. The molecule has 0 radical (unpaired) electrons. The fourth-order valence-electron chi connectivity index (χ4n) is 4.24. The van der Waals surface area contributed by atoms with Crippen molar-refractivity contribution >= 4 is 25.5 Å². The molecule has 1 heterocycles. The van der Waals surface area contributed by atoms with Crippen molar-refractivity contribution in [3.63, 3.8) is 0 Å². The second-order valence-electron chi connectivity index (χ2n) is 9.42. The van der Waals surface area contributed by atoms with Crippen LogP contribution in [0.15, 0.2) is 48.8 Å². The maximum absolute atomic E-state index is 4.00. The molecule has 0 spiro atoms. The Kier molecular flexibility index (Phi) is 9.73. The van der Waals surface area contributed by atoms with E-state index in [-0.39, 0.29) is 0 Å². The Hall–Kier alpha value is -1.22. The molecule has 1 aliphatic rings. The first-order valence-electron chi connectivity index (χ1n) is 11.2. The fourth-order valence-corrected chi connectivity index (χ4v) is 4.24. The van der Waals surface area contributed by atoms with Crippen molar-refractivity contribution in [1.29, 1.82) is 0 Å². The van der Waals surface area contributed by atoms with Crippen molar-refractivity contribution in [3.05, 3.63) is 77.7 Å². The van der Waals surface area contributed by atoms with Crippen molar-refractivity contribution in [3.8, 4) is 0 Å². The quantitative estimate of drug-likeness (QED) is 0.270. The topological polar surface area (TPSA) is 6.48 Å². The monoisotopic (exact) mass is 531 g/mol. The molecule has 0 fully saturated rings. The van der Waals surface area contributed by atoms with Gasteiger partial charge in [0, 0.05) is 11.4 Å². The predicted octanol–water partition coefficient (Wildman–Crippen LogP) is 8.94. The molecular weight excluding hydrogens is 496 g/mol. The Bertz CT molecular complexity index is 763. The second kappa shape index (κ2) is 11.6. The van der Waals surface area contributed by atoms with Gasteiger partial charge in [0.25, 0.3) is 0 Å². The molecule has 1 aliphatic heterocycles. The first kappa shape index (κ1) is 26.0. The summed E-state index contributed by atoms with van der Waals surface area (Å²) in [5, 5.41) is 0. The minimum absolute atomic E-state index is 0.480. The van der Waals surface area contributed by atoms with E-state index in [0.717, 1.165) is 0 Å². The second-order valence-corrected chi connectivity index (χ2v) is 9.42. The predicted molar refractivity (Wildman–Crippen MR) is 137 cm³/mol. The molecular formula is C27H37BrCuN2. The summed E-state index contributed by atoms with van der Waals surface area (Å²) in [5.41, 5.74) is 8.29. The van der Waals surface area contributed by atoms with Crippen LogP contribution in [-0.2, 0) is 14.2 Å². The number of hydrogen-bond acceptors (Lipinski definition) is 2.